The van der Waals surface area contributed by atoms with E-state index in [0.717, 1.165) is 35.2 Å². The first-order valence-corrected chi connectivity index (χ1v) is 10.3. The molecule has 0 radical (unpaired) electrons. The highest BCUT2D eigenvalue weighted by Gasteiger charge is 2.00. The van der Waals surface area contributed by atoms with E-state index in [-0.39, 0.29) is 0 Å². The van der Waals surface area contributed by atoms with E-state index < -0.39 is 0 Å². The average molecular weight is 412 g/mol. The molecule has 0 unspecified atom stereocenters. The smallest absolute Gasteiger partial charge is 0.127 e. The first kappa shape index (κ1) is 20.4. The number of ether oxygens (including phenoxy) is 3. The standard InChI is InChI=1S/C27H25NO3/c1-3-7-24(8-4-1)29-19-20-30-25-15-11-22(12-16-25)21-28-23-13-17-27(18-14-23)31-26-9-5-2-6-10-26/h1-18,28H,19-21H2. The van der Waals surface area contributed by atoms with Crippen molar-refractivity contribution < 1.29 is 14.2 Å². The van der Waals surface area contributed by atoms with Gasteiger partial charge in [-0.3, -0.25) is 0 Å². The Hall–Kier alpha value is -3.92. The Kier molecular flexibility index (Phi) is 7.05. The Morgan fingerprint density at radius 1 is 0.484 bits per heavy atom. The van der Waals surface area contributed by atoms with Gasteiger partial charge < -0.3 is 19.5 Å². The third kappa shape index (κ3) is 6.54. The third-order valence-corrected chi connectivity index (χ3v) is 4.62. The molecule has 4 heteroatoms. The molecule has 0 bridgehead atoms. The van der Waals surface area contributed by atoms with E-state index in [1.54, 1.807) is 0 Å². The minimum absolute atomic E-state index is 0.504. The van der Waals surface area contributed by atoms with Crippen LogP contribution in [-0.4, -0.2) is 13.2 Å². The van der Waals surface area contributed by atoms with Crippen molar-refractivity contribution in [3.8, 4) is 23.0 Å². The zero-order valence-corrected chi connectivity index (χ0v) is 17.2. The number of para-hydroxylation sites is 2. The summed E-state index contributed by atoms with van der Waals surface area (Å²) in [6, 6.07) is 35.6. The first-order valence-electron chi connectivity index (χ1n) is 10.3. The molecule has 0 atom stereocenters. The van der Waals surface area contributed by atoms with Gasteiger partial charge >= 0.3 is 0 Å². The van der Waals surface area contributed by atoms with Crippen molar-refractivity contribution >= 4 is 5.69 Å². The van der Waals surface area contributed by atoms with Gasteiger partial charge in [-0.05, 0) is 66.2 Å². The van der Waals surface area contributed by atoms with Gasteiger partial charge in [0, 0.05) is 12.2 Å². The Labute approximate surface area is 183 Å². The van der Waals surface area contributed by atoms with E-state index in [9.17, 15) is 0 Å². The molecule has 0 aliphatic rings. The molecule has 31 heavy (non-hydrogen) atoms. The molecule has 4 aromatic carbocycles. The summed E-state index contributed by atoms with van der Waals surface area (Å²) in [5.74, 6) is 3.33. The number of hydrogen-bond acceptors (Lipinski definition) is 4. The van der Waals surface area contributed by atoms with Crippen LogP contribution in [0.15, 0.2) is 109 Å². The quantitative estimate of drug-likeness (QED) is 0.300. The Morgan fingerprint density at radius 3 is 1.58 bits per heavy atom. The molecule has 4 rings (SSSR count). The van der Waals surface area contributed by atoms with Crippen LogP contribution >= 0.6 is 0 Å². The molecule has 0 aliphatic heterocycles. The molecule has 4 aromatic rings. The summed E-state index contributed by atoms with van der Waals surface area (Å²) >= 11 is 0. The van der Waals surface area contributed by atoms with Crippen molar-refractivity contribution in [1.82, 2.24) is 0 Å². The minimum atomic E-state index is 0.504. The zero-order chi connectivity index (χ0) is 21.1. The lowest BCUT2D eigenvalue weighted by Gasteiger charge is -2.10. The van der Waals surface area contributed by atoms with E-state index in [1.165, 1.54) is 5.56 Å². The Morgan fingerprint density at radius 2 is 0.968 bits per heavy atom. The van der Waals surface area contributed by atoms with Crippen LogP contribution in [0, 0.1) is 0 Å². The lowest BCUT2D eigenvalue weighted by atomic mass is 10.2. The third-order valence-electron chi connectivity index (χ3n) is 4.62. The summed E-state index contributed by atoms with van der Waals surface area (Å²) in [4.78, 5) is 0. The van der Waals surface area contributed by atoms with Gasteiger partial charge in [0.25, 0.3) is 0 Å². The lowest BCUT2D eigenvalue weighted by Crippen LogP contribution is -2.09. The monoisotopic (exact) mass is 411 g/mol. The van der Waals surface area contributed by atoms with E-state index in [1.807, 2.05) is 97.1 Å². The molecule has 4 nitrogen and oxygen atoms in total. The second-order valence-corrected chi connectivity index (χ2v) is 6.95. The molecule has 156 valence electrons. The fourth-order valence-electron chi connectivity index (χ4n) is 3.01. The molecule has 0 heterocycles. The molecule has 0 saturated carbocycles. The molecular weight excluding hydrogens is 386 g/mol. The summed E-state index contributed by atoms with van der Waals surface area (Å²) in [5, 5.41) is 3.43. The first-order chi connectivity index (χ1) is 15.3. The molecule has 0 aliphatic carbocycles. The molecule has 0 saturated heterocycles. The SMILES string of the molecule is c1ccc(OCCOc2ccc(CNc3ccc(Oc4ccccc4)cc3)cc2)cc1. The van der Waals surface area contributed by atoms with Crippen LogP contribution < -0.4 is 19.5 Å². The molecular formula is C27H25NO3. The molecule has 0 amide bonds. The van der Waals surface area contributed by atoms with Crippen molar-refractivity contribution in [3.63, 3.8) is 0 Å². The van der Waals surface area contributed by atoms with Crippen LogP contribution in [0.25, 0.3) is 0 Å². The second-order valence-electron chi connectivity index (χ2n) is 6.95. The van der Waals surface area contributed by atoms with Crippen molar-refractivity contribution in [2.24, 2.45) is 0 Å². The van der Waals surface area contributed by atoms with Crippen molar-refractivity contribution in [2.45, 2.75) is 6.54 Å². The predicted octanol–water partition coefficient (Wildman–Crippen LogP) is 6.55. The van der Waals surface area contributed by atoms with Crippen LogP contribution in [0.1, 0.15) is 5.56 Å². The maximum Gasteiger partial charge on any atom is 0.127 e. The van der Waals surface area contributed by atoms with E-state index in [2.05, 4.69) is 17.4 Å². The minimum Gasteiger partial charge on any atom is -0.490 e. The van der Waals surface area contributed by atoms with Gasteiger partial charge in [-0.1, -0.05) is 48.5 Å². The van der Waals surface area contributed by atoms with Crippen LogP contribution in [0.3, 0.4) is 0 Å². The zero-order valence-electron chi connectivity index (χ0n) is 17.2. The largest absolute Gasteiger partial charge is 0.490 e. The maximum absolute atomic E-state index is 5.82. The van der Waals surface area contributed by atoms with Crippen molar-refractivity contribution in [2.75, 3.05) is 18.5 Å². The van der Waals surface area contributed by atoms with Crippen LogP contribution in [-0.2, 0) is 6.54 Å². The Bertz CT molecular complexity index is 1030. The summed E-state index contributed by atoms with van der Waals surface area (Å²) in [6.45, 7) is 1.75. The number of benzene rings is 4. The van der Waals surface area contributed by atoms with Gasteiger partial charge in [-0.2, -0.15) is 0 Å². The van der Waals surface area contributed by atoms with Crippen molar-refractivity contribution in [1.29, 1.82) is 0 Å². The van der Waals surface area contributed by atoms with Crippen molar-refractivity contribution in [3.05, 3.63) is 115 Å². The molecule has 1 N–H and O–H groups in total. The van der Waals surface area contributed by atoms with E-state index >= 15 is 0 Å². The maximum atomic E-state index is 5.82. The normalized spacial score (nSPS) is 10.3. The number of nitrogens with one attached hydrogen (secondary N) is 1. The molecule has 0 aromatic heterocycles. The Balaban J connectivity index is 1.19. The van der Waals surface area contributed by atoms with E-state index in [0.29, 0.717) is 13.2 Å². The second kappa shape index (κ2) is 10.7. The number of anilines is 1. The summed E-state index contributed by atoms with van der Waals surface area (Å²) < 4.78 is 17.2. The fourth-order valence-corrected chi connectivity index (χ4v) is 3.01. The summed E-state index contributed by atoms with van der Waals surface area (Å²) in [6.07, 6.45) is 0. The van der Waals surface area contributed by atoms with Gasteiger partial charge in [0.15, 0.2) is 0 Å². The van der Waals surface area contributed by atoms with Crippen LogP contribution in [0.4, 0.5) is 5.69 Å². The molecule has 0 spiro atoms. The highest BCUT2D eigenvalue weighted by molar-refractivity contribution is 5.47. The fraction of sp³-hybridized carbons (Fsp3) is 0.111. The van der Waals surface area contributed by atoms with Gasteiger partial charge in [-0.15, -0.1) is 0 Å². The summed E-state index contributed by atoms with van der Waals surface area (Å²) in [7, 11) is 0. The highest BCUT2D eigenvalue weighted by Crippen LogP contribution is 2.23. The number of rotatable bonds is 10. The van der Waals surface area contributed by atoms with Gasteiger partial charge in [0.1, 0.15) is 36.2 Å². The highest BCUT2D eigenvalue weighted by atomic mass is 16.5. The van der Waals surface area contributed by atoms with Crippen LogP contribution in [0.2, 0.25) is 0 Å². The van der Waals surface area contributed by atoms with E-state index in [4.69, 9.17) is 14.2 Å². The summed E-state index contributed by atoms with van der Waals surface area (Å²) in [5.41, 5.74) is 2.22. The molecule has 0 fully saturated rings. The van der Waals surface area contributed by atoms with Gasteiger partial charge in [-0.25, -0.2) is 0 Å². The van der Waals surface area contributed by atoms with Gasteiger partial charge in [0.05, 0.1) is 0 Å². The van der Waals surface area contributed by atoms with Crippen LogP contribution in [0.5, 0.6) is 23.0 Å². The number of hydrogen-bond donors (Lipinski definition) is 1. The lowest BCUT2D eigenvalue weighted by molar-refractivity contribution is 0.217. The van der Waals surface area contributed by atoms with Gasteiger partial charge in [0.2, 0.25) is 0 Å². The topological polar surface area (TPSA) is 39.7 Å². The predicted molar refractivity (Wildman–Crippen MR) is 124 cm³/mol. The average Bonchev–Trinajstić information content (AvgIpc) is 2.83.